The van der Waals surface area contributed by atoms with Crippen LogP contribution < -0.4 is 0 Å². The summed E-state index contributed by atoms with van der Waals surface area (Å²) >= 11 is 0. The fraction of sp³-hybridized carbons (Fsp3) is 0.786. The van der Waals surface area contributed by atoms with Gasteiger partial charge in [0, 0.05) is 31.7 Å². The zero-order valence-electron chi connectivity index (χ0n) is 11.5. The van der Waals surface area contributed by atoms with Crippen molar-refractivity contribution in [3.63, 3.8) is 0 Å². The zero-order valence-corrected chi connectivity index (χ0v) is 11.5. The first-order valence-electron chi connectivity index (χ1n) is 7.12. The average molecular weight is 266 g/mol. The molecule has 2 fully saturated rings. The van der Waals surface area contributed by atoms with Crippen LogP contribution in [0.2, 0.25) is 0 Å². The number of rotatable bonds is 4. The van der Waals surface area contributed by atoms with E-state index in [4.69, 9.17) is 14.0 Å². The fourth-order valence-electron chi connectivity index (χ4n) is 3.46. The Morgan fingerprint density at radius 2 is 2.42 bits per heavy atom. The minimum atomic E-state index is 0.379. The van der Waals surface area contributed by atoms with Crippen LogP contribution in [0.5, 0.6) is 0 Å². The SMILES string of the molecule is CO[C@@H]1CCC[C@H]1[C@@H]1COCCN1Cc1ccno1. The Morgan fingerprint density at radius 1 is 1.47 bits per heavy atom. The Hall–Kier alpha value is -0.910. The molecule has 1 aromatic heterocycles. The highest BCUT2D eigenvalue weighted by Gasteiger charge is 2.38. The third-order valence-electron chi connectivity index (χ3n) is 4.43. The molecule has 3 rings (SSSR count). The first-order valence-corrected chi connectivity index (χ1v) is 7.12. The predicted molar refractivity (Wildman–Crippen MR) is 69.7 cm³/mol. The van der Waals surface area contributed by atoms with Crippen molar-refractivity contribution in [3.8, 4) is 0 Å². The fourth-order valence-corrected chi connectivity index (χ4v) is 3.46. The van der Waals surface area contributed by atoms with E-state index in [0.29, 0.717) is 18.1 Å². The van der Waals surface area contributed by atoms with Crippen molar-refractivity contribution in [2.75, 3.05) is 26.9 Å². The molecule has 0 amide bonds. The van der Waals surface area contributed by atoms with Gasteiger partial charge in [-0.2, -0.15) is 0 Å². The van der Waals surface area contributed by atoms with E-state index >= 15 is 0 Å². The summed E-state index contributed by atoms with van der Waals surface area (Å²) in [6.07, 6.45) is 5.76. The van der Waals surface area contributed by atoms with Crippen LogP contribution in [0.1, 0.15) is 25.0 Å². The highest BCUT2D eigenvalue weighted by molar-refractivity contribution is 4.97. The highest BCUT2D eigenvalue weighted by Crippen LogP contribution is 2.34. The van der Waals surface area contributed by atoms with E-state index in [-0.39, 0.29) is 0 Å². The van der Waals surface area contributed by atoms with Crippen LogP contribution in [0.4, 0.5) is 0 Å². The monoisotopic (exact) mass is 266 g/mol. The lowest BCUT2D eigenvalue weighted by atomic mass is 9.94. The molecule has 1 aliphatic carbocycles. The molecule has 1 aromatic rings. The van der Waals surface area contributed by atoms with E-state index in [0.717, 1.165) is 32.1 Å². The van der Waals surface area contributed by atoms with Gasteiger partial charge in [0.1, 0.15) is 0 Å². The van der Waals surface area contributed by atoms with Crippen LogP contribution in [0, 0.1) is 5.92 Å². The number of morpholine rings is 1. The van der Waals surface area contributed by atoms with Gasteiger partial charge in [-0.15, -0.1) is 0 Å². The molecule has 0 bridgehead atoms. The van der Waals surface area contributed by atoms with Crippen LogP contribution in [0.15, 0.2) is 16.8 Å². The second kappa shape index (κ2) is 6.03. The molecule has 0 unspecified atom stereocenters. The average Bonchev–Trinajstić information content (AvgIpc) is 3.09. The van der Waals surface area contributed by atoms with Gasteiger partial charge in [-0.25, -0.2) is 0 Å². The third kappa shape index (κ3) is 2.83. The Labute approximate surface area is 113 Å². The van der Waals surface area contributed by atoms with E-state index in [9.17, 15) is 0 Å². The summed E-state index contributed by atoms with van der Waals surface area (Å²) in [5.41, 5.74) is 0. The lowest BCUT2D eigenvalue weighted by Crippen LogP contribution is -2.50. The van der Waals surface area contributed by atoms with Crippen LogP contribution in [-0.2, 0) is 16.0 Å². The summed E-state index contributed by atoms with van der Waals surface area (Å²) in [5.74, 6) is 1.51. The molecule has 0 spiro atoms. The summed E-state index contributed by atoms with van der Waals surface area (Å²) in [4.78, 5) is 2.46. The second-order valence-corrected chi connectivity index (χ2v) is 5.46. The Balaban J connectivity index is 1.69. The van der Waals surface area contributed by atoms with Gasteiger partial charge in [-0.05, 0) is 12.8 Å². The van der Waals surface area contributed by atoms with Crippen molar-refractivity contribution >= 4 is 0 Å². The van der Waals surface area contributed by atoms with Crippen molar-refractivity contribution in [1.29, 1.82) is 0 Å². The van der Waals surface area contributed by atoms with Crippen molar-refractivity contribution in [2.45, 2.75) is 38.0 Å². The van der Waals surface area contributed by atoms with E-state index < -0.39 is 0 Å². The minimum absolute atomic E-state index is 0.379. The summed E-state index contributed by atoms with van der Waals surface area (Å²) in [5, 5.41) is 3.78. The van der Waals surface area contributed by atoms with Crippen LogP contribution in [-0.4, -0.2) is 49.1 Å². The van der Waals surface area contributed by atoms with Gasteiger partial charge in [-0.1, -0.05) is 11.6 Å². The maximum absolute atomic E-state index is 5.69. The number of methoxy groups -OCH3 is 1. The van der Waals surface area contributed by atoms with Crippen LogP contribution in [0.3, 0.4) is 0 Å². The first kappa shape index (κ1) is 13.1. The molecule has 19 heavy (non-hydrogen) atoms. The third-order valence-corrected chi connectivity index (χ3v) is 4.43. The molecular weight excluding hydrogens is 244 g/mol. The van der Waals surface area contributed by atoms with Gasteiger partial charge in [0.05, 0.1) is 32.1 Å². The molecule has 106 valence electrons. The number of nitrogens with zero attached hydrogens (tertiary/aromatic N) is 2. The molecule has 0 radical (unpaired) electrons. The van der Waals surface area contributed by atoms with E-state index in [1.54, 1.807) is 6.20 Å². The van der Waals surface area contributed by atoms with Gasteiger partial charge in [0.15, 0.2) is 5.76 Å². The van der Waals surface area contributed by atoms with Crippen LogP contribution >= 0.6 is 0 Å². The normalized spacial score (nSPS) is 32.8. The van der Waals surface area contributed by atoms with E-state index in [1.807, 2.05) is 13.2 Å². The van der Waals surface area contributed by atoms with Crippen molar-refractivity contribution in [2.24, 2.45) is 5.92 Å². The summed E-state index contributed by atoms with van der Waals surface area (Å²) in [6, 6.07) is 2.38. The summed E-state index contributed by atoms with van der Waals surface area (Å²) in [6.45, 7) is 3.38. The highest BCUT2D eigenvalue weighted by atomic mass is 16.5. The molecule has 5 nitrogen and oxygen atoms in total. The number of aromatic nitrogens is 1. The van der Waals surface area contributed by atoms with E-state index in [1.165, 1.54) is 19.3 Å². The Morgan fingerprint density at radius 3 is 3.21 bits per heavy atom. The summed E-state index contributed by atoms with van der Waals surface area (Å²) in [7, 11) is 1.83. The van der Waals surface area contributed by atoms with Crippen molar-refractivity contribution in [3.05, 3.63) is 18.0 Å². The van der Waals surface area contributed by atoms with Crippen molar-refractivity contribution in [1.82, 2.24) is 10.1 Å². The molecule has 1 saturated heterocycles. The van der Waals surface area contributed by atoms with E-state index in [2.05, 4.69) is 10.1 Å². The number of hydrogen-bond donors (Lipinski definition) is 0. The molecule has 1 aliphatic heterocycles. The number of hydrogen-bond acceptors (Lipinski definition) is 5. The molecule has 0 aromatic carbocycles. The maximum Gasteiger partial charge on any atom is 0.150 e. The van der Waals surface area contributed by atoms with Crippen molar-refractivity contribution < 1.29 is 14.0 Å². The van der Waals surface area contributed by atoms with Gasteiger partial charge in [0.2, 0.25) is 0 Å². The maximum atomic E-state index is 5.69. The molecular formula is C14H22N2O3. The lowest BCUT2D eigenvalue weighted by molar-refractivity contribution is -0.0630. The van der Waals surface area contributed by atoms with Gasteiger partial charge >= 0.3 is 0 Å². The van der Waals surface area contributed by atoms with Crippen LogP contribution in [0.25, 0.3) is 0 Å². The minimum Gasteiger partial charge on any atom is -0.381 e. The first-order chi connectivity index (χ1) is 9.38. The smallest absolute Gasteiger partial charge is 0.150 e. The van der Waals surface area contributed by atoms with Gasteiger partial charge in [-0.3, -0.25) is 4.90 Å². The molecule has 2 heterocycles. The Bertz CT molecular complexity index is 382. The largest absolute Gasteiger partial charge is 0.381 e. The molecule has 2 aliphatic rings. The van der Waals surface area contributed by atoms with Gasteiger partial charge in [0.25, 0.3) is 0 Å². The Kier molecular flexibility index (Phi) is 4.15. The molecule has 3 atom stereocenters. The summed E-state index contributed by atoms with van der Waals surface area (Å²) < 4.78 is 16.6. The topological polar surface area (TPSA) is 47.7 Å². The predicted octanol–water partition coefficient (Wildman–Crippen LogP) is 1.69. The second-order valence-electron chi connectivity index (χ2n) is 5.46. The standard InChI is InChI=1S/C14H22N2O3/c1-17-14-4-2-3-12(14)13-10-18-8-7-16(13)9-11-5-6-15-19-11/h5-6,12-14H,2-4,7-10H2,1H3/t12-,13-,14+/m0/s1. The molecule has 1 saturated carbocycles. The zero-order chi connectivity index (χ0) is 13.1. The number of ether oxygens (including phenoxy) is 2. The lowest BCUT2D eigenvalue weighted by Gasteiger charge is -2.40. The molecule has 0 N–H and O–H groups in total. The quantitative estimate of drug-likeness (QED) is 0.830. The van der Waals surface area contributed by atoms with Gasteiger partial charge < -0.3 is 14.0 Å². The molecule has 5 heteroatoms.